The van der Waals surface area contributed by atoms with E-state index in [-0.39, 0.29) is 23.6 Å². The number of hydrogen-bond acceptors (Lipinski definition) is 7. The number of carbonyl (C=O) groups is 1. The molecular formula is C24H25F3N4O4S. The van der Waals surface area contributed by atoms with E-state index < -0.39 is 44.6 Å². The molecule has 0 fully saturated rings. The van der Waals surface area contributed by atoms with Gasteiger partial charge in [0.1, 0.15) is 17.9 Å². The van der Waals surface area contributed by atoms with Gasteiger partial charge in [-0.05, 0) is 43.2 Å². The summed E-state index contributed by atoms with van der Waals surface area (Å²) >= 11 is 0. The molecule has 2 heterocycles. The second kappa shape index (κ2) is 11.0. The van der Waals surface area contributed by atoms with Gasteiger partial charge in [-0.2, -0.15) is 21.6 Å². The molecule has 3 N–H and O–H groups in total. The molecule has 12 heteroatoms. The molecule has 1 aromatic carbocycles. The molecule has 0 radical (unpaired) electrons. The number of aliphatic hydroxyl groups excluding tert-OH is 1. The standard InChI is InChI=1S/C24H25F3N4O4S/c1-3-19(33)18(13-14-32)28-20-9-6-10-22(29-20)36(34,35)31-21-12-11-17(24(25,26)27)23(30-21)16-8-5-4-7-15(16)2/h4-12,14,18-19,33H,3,13H2,1-2H3,(H,28,29)(H,30,31)/t18-,19-/m1/s1. The Morgan fingerprint density at radius 1 is 1.03 bits per heavy atom. The van der Waals surface area contributed by atoms with E-state index in [4.69, 9.17) is 0 Å². The fourth-order valence-electron chi connectivity index (χ4n) is 3.51. The fraction of sp³-hybridized carbons (Fsp3) is 0.292. The van der Waals surface area contributed by atoms with E-state index in [0.717, 1.165) is 12.1 Å². The van der Waals surface area contributed by atoms with Crippen LogP contribution in [-0.2, 0) is 21.0 Å². The number of aromatic nitrogens is 2. The van der Waals surface area contributed by atoms with E-state index in [0.29, 0.717) is 18.3 Å². The van der Waals surface area contributed by atoms with Crippen LogP contribution in [0.3, 0.4) is 0 Å². The van der Waals surface area contributed by atoms with Crippen molar-refractivity contribution in [3.8, 4) is 11.3 Å². The van der Waals surface area contributed by atoms with Gasteiger partial charge in [-0.3, -0.25) is 4.72 Å². The third-order valence-corrected chi connectivity index (χ3v) is 6.66. The average molecular weight is 523 g/mol. The number of benzene rings is 1. The summed E-state index contributed by atoms with van der Waals surface area (Å²) in [7, 11) is -4.34. The number of carbonyl (C=O) groups excluding carboxylic acids is 1. The molecule has 0 aliphatic carbocycles. The Bertz CT molecular complexity index is 1330. The van der Waals surface area contributed by atoms with Gasteiger partial charge in [-0.1, -0.05) is 37.3 Å². The molecule has 192 valence electrons. The van der Waals surface area contributed by atoms with E-state index in [1.807, 2.05) is 0 Å². The van der Waals surface area contributed by atoms with E-state index in [1.165, 1.54) is 24.3 Å². The predicted molar refractivity (Wildman–Crippen MR) is 129 cm³/mol. The van der Waals surface area contributed by atoms with Crippen molar-refractivity contribution in [2.24, 2.45) is 0 Å². The highest BCUT2D eigenvalue weighted by molar-refractivity contribution is 7.92. The number of sulfonamides is 1. The van der Waals surface area contributed by atoms with Crippen molar-refractivity contribution in [3.05, 3.63) is 65.7 Å². The second-order valence-corrected chi connectivity index (χ2v) is 9.63. The number of hydrogen-bond donors (Lipinski definition) is 3. The summed E-state index contributed by atoms with van der Waals surface area (Å²) in [5, 5.41) is 12.5. The summed E-state index contributed by atoms with van der Waals surface area (Å²) in [5.74, 6) is -0.222. The monoisotopic (exact) mass is 522 g/mol. The lowest BCUT2D eigenvalue weighted by Crippen LogP contribution is -2.34. The largest absolute Gasteiger partial charge is 0.418 e. The van der Waals surface area contributed by atoms with E-state index in [2.05, 4.69) is 20.0 Å². The third-order valence-electron chi connectivity index (χ3n) is 5.40. The van der Waals surface area contributed by atoms with Crippen LogP contribution in [0.1, 0.15) is 30.9 Å². The number of aryl methyl sites for hydroxylation is 1. The summed E-state index contributed by atoms with van der Waals surface area (Å²) in [6.45, 7) is 3.36. The smallest absolute Gasteiger partial charge is 0.391 e. The molecule has 0 spiro atoms. The number of halogens is 3. The molecule has 3 rings (SSSR count). The number of alkyl halides is 3. The molecule has 0 saturated carbocycles. The Morgan fingerprint density at radius 3 is 2.39 bits per heavy atom. The molecule has 0 aliphatic heterocycles. The molecule has 0 aliphatic rings. The number of anilines is 2. The first-order valence-electron chi connectivity index (χ1n) is 11.0. The summed E-state index contributed by atoms with van der Waals surface area (Å²) in [6, 6.07) is 11.4. The first kappa shape index (κ1) is 27.1. The van der Waals surface area contributed by atoms with Gasteiger partial charge in [0.05, 0.1) is 23.4 Å². The minimum atomic E-state index is -4.70. The summed E-state index contributed by atoms with van der Waals surface area (Å²) in [5.41, 5.74) is -0.657. The lowest BCUT2D eigenvalue weighted by atomic mass is 10.0. The predicted octanol–water partition coefficient (Wildman–Crippen LogP) is 4.41. The maximum atomic E-state index is 13.7. The third kappa shape index (κ3) is 6.38. The van der Waals surface area contributed by atoms with Crippen LogP contribution in [-0.4, -0.2) is 41.9 Å². The van der Waals surface area contributed by atoms with Crippen molar-refractivity contribution < 1.29 is 31.5 Å². The number of nitrogens with zero attached hydrogens (tertiary/aromatic N) is 2. The normalized spacial score (nSPS) is 13.6. The van der Waals surface area contributed by atoms with Crippen molar-refractivity contribution in [1.82, 2.24) is 9.97 Å². The van der Waals surface area contributed by atoms with Crippen LogP contribution in [0.2, 0.25) is 0 Å². The molecule has 2 aromatic heterocycles. The lowest BCUT2D eigenvalue weighted by molar-refractivity contribution is -0.137. The van der Waals surface area contributed by atoms with Crippen molar-refractivity contribution in [3.63, 3.8) is 0 Å². The zero-order valence-electron chi connectivity index (χ0n) is 19.5. The van der Waals surface area contributed by atoms with Gasteiger partial charge in [0.15, 0.2) is 5.03 Å². The summed E-state index contributed by atoms with van der Waals surface area (Å²) in [4.78, 5) is 19.0. The van der Waals surface area contributed by atoms with E-state index >= 15 is 0 Å². The zero-order valence-corrected chi connectivity index (χ0v) is 20.3. The van der Waals surface area contributed by atoms with Crippen LogP contribution in [0.25, 0.3) is 11.3 Å². The average Bonchev–Trinajstić information content (AvgIpc) is 2.83. The highest BCUT2D eigenvalue weighted by Gasteiger charge is 2.35. The van der Waals surface area contributed by atoms with Gasteiger partial charge in [0.25, 0.3) is 10.0 Å². The molecule has 0 bridgehead atoms. The van der Waals surface area contributed by atoms with Crippen molar-refractivity contribution >= 4 is 27.9 Å². The topological polar surface area (TPSA) is 121 Å². The maximum absolute atomic E-state index is 13.7. The summed E-state index contributed by atoms with van der Waals surface area (Å²) in [6.07, 6.45) is -4.62. The van der Waals surface area contributed by atoms with E-state index in [9.17, 15) is 31.5 Å². The van der Waals surface area contributed by atoms with Crippen LogP contribution in [0.4, 0.5) is 24.8 Å². The Morgan fingerprint density at radius 2 is 1.75 bits per heavy atom. The lowest BCUT2D eigenvalue weighted by Gasteiger charge is -2.22. The maximum Gasteiger partial charge on any atom is 0.418 e. The Labute approximate surface area is 206 Å². The summed E-state index contributed by atoms with van der Waals surface area (Å²) < 4.78 is 69.1. The number of rotatable bonds is 10. The SMILES string of the molecule is CC[C@@H](O)[C@@H](CC=O)Nc1cccc(S(=O)(=O)Nc2ccc(C(F)(F)F)c(-c3ccccc3C)n2)n1. The highest BCUT2D eigenvalue weighted by atomic mass is 32.2. The van der Waals surface area contributed by atoms with Crippen LogP contribution in [0.5, 0.6) is 0 Å². The Hall–Kier alpha value is -3.51. The highest BCUT2D eigenvalue weighted by Crippen LogP contribution is 2.38. The first-order chi connectivity index (χ1) is 17.0. The van der Waals surface area contributed by atoms with Gasteiger partial charge >= 0.3 is 6.18 Å². The van der Waals surface area contributed by atoms with Gasteiger partial charge in [0, 0.05) is 12.0 Å². The number of aliphatic hydroxyl groups is 1. The van der Waals surface area contributed by atoms with Gasteiger partial charge in [-0.15, -0.1) is 0 Å². The van der Waals surface area contributed by atoms with Crippen LogP contribution < -0.4 is 10.0 Å². The van der Waals surface area contributed by atoms with Crippen molar-refractivity contribution in [2.45, 2.75) is 50.0 Å². The molecule has 0 amide bonds. The van der Waals surface area contributed by atoms with Crippen LogP contribution in [0.15, 0.2) is 59.6 Å². The second-order valence-electron chi connectivity index (χ2n) is 8.00. The number of aldehydes is 1. The van der Waals surface area contributed by atoms with Gasteiger partial charge in [-0.25, -0.2) is 9.97 Å². The van der Waals surface area contributed by atoms with E-state index in [1.54, 1.807) is 32.0 Å². The van der Waals surface area contributed by atoms with Crippen LogP contribution in [0, 0.1) is 6.92 Å². The van der Waals surface area contributed by atoms with Crippen LogP contribution >= 0.6 is 0 Å². The molecule has 2 atom stereocenters. The molecule has 0 unspecified atom stereocenters. The number of pyridine rings is 2. The fourth-order valence-corrected chi connectivity index (χ4v) is 4.48. The zero-order chi connectivity index (χ0) is 26.5. The quantitative estimate of drug-likeness (QED) is 0.337. The Kier molecular flexibility index (Phi) is 8.31. The molecule has 0 saturated heterocycles. The first-order valence-corrected chi connectivity index (χ1v) is 12.5. The minimum Gasteiger partial charge on any atom is -0.391 e. The molecular weight excluding hydrogens is 497 g/mol. The number of nitrogens with one attached hydrogen (secondary N) is 2. The molecule has 36 heavy (non-hydrogen) atoms. The molecule has 8 nitrogen and oxygen atoms in total. The van der Waals surface area contributed by atoms with Crippen molar-refractivity contribution in [2.75, 3.05) is 10.0 Å². The van der Waals surface area contributed by atoms with Gasteiger partial charge in [0.2, 0.25) is 0 Å². The minimum absolute atomic E-state index is 0.0247. The Balaban J connectivity index is 1.95. The van der Waals surface area contributed by atoms with Crippen molar-refractivity contribution in [1.29, 1.82) is 0 Å². The van der Waals surface area contributed by atoms with Gasteiger partial charge < -0.3 is 15.2 Å². The molecule has 3 aromatic rings.